The van der Waals surface area contributed by atoms with Gasteiger partial charge < -0.3 is 14.1 Å². The van der Waals surface area contributed by atoms with E-state index in [9.17, 15) is 9.59 Å². The highest BCUT2D eigenvalue weighted by Crippen LogP contribution is 2.27. The number of para-hydroxylation sites is 1. The molecule has 0 N–H and O–H groups in total. The molecule has 1 aliphatic heterocycles. The average molecular weight is 287 g/mol. The lowest BCUT2D eigenvalue weighted by molar-refractivity contribution is -0.146. The number of nitrogens with zero attached hydrogens (tertiary/aromatic N) is 1. The first-order chi connectivity index (χ1) is 10.1. The number of benzene rings is 1. The van der Waals surface area contributed by atoms with E-state index in [0.717, 1.165) is 5.39 Å². The van der Waals surface area contributed by atoms with Crippen LogP contribution in [-0.2, 0) is 9.53 Å². The lowest BCUT2D eigenvalue weighted by atomic mass is 9.99. The lowest BCUT2D eigenvalue weighted by Gasteiger charge is -2.14. The Bertz CT molecular complexity index is 657. The molecule has 1 aromatic carbocycles. The molecule has 1 saturated heterocycles. The minimum absolute atomic E-state index is 0.0887. The van der Waals surface area contributed by atoms with Gasteiger partial charge in [0.25, 0.3) is 5.91 Å². The third-order valence-corrected chi connectivity index (χ3v) is 4.04. The Kier molecular flexibility index (Phi) is 3.41. The van der Waals surface area contributed by atoms with Crippen LogP contribution in [-0.4, -0.2) is 37.0 Å². The summed E-state index contributed by atoms with van der Waals surface area (Å²) in [6.45, 7) is 2.87. The molecule has 5 nitrogen and oxygen atoms in total. The average Bonchev–Trinajstić information content (AvgIpc) is 3.09. The van der Waals surface area contributed by atoms with Gasteiger partial charge in [0.15, 0.2) is 5.76 Å². The van der Waals surface area contributed by atoms with E-state index in [1.807, 2.05) is 31.2 Å². The van der Waals surface area contributed by atoms with E-state index in [1.165, 1.54) is 7.11 Å². The normalized spacial score (nSPS) is 21.7. The largest absolute Gasteiger partial charge is 0.469 e. The van der Waals surface area contributed by atoms with Gasteiger partial charge in [0, 0.05) is 18.5 Å². The van der Waals surface area contributed by atoms with Gasteiger partial charge >= 0.3 is 5.97 Å². The van der Waals surface area contributed by atoms with Crippen LogP contribution in [0, 0.1) is 11.8 Å². The van der Waals surface area contributed by atoms with Crippen LogP contribution in [0.15, 0.2) is 34.7 Å². The molecular weight excluding hydrogens is 270 g/mol. The standard InChI is InChI=1S/C16H17NO4/c1-10-8-17(9-12(10)16(19)20-2)15(18)14-7-11-5-3-4-6-13(11)21-14/h3-7,10,12H,8-9H2,1-2H3. The summed E-state index contributed by atoms with van der Waals surface area (Å²) in [5, 5.41) is 0.901. The number of carbonyl (C=O) groups is 2. The highest BCUT2D eigenvalue weighted by atomic mass is 16.5. The zero-order chi connectivity index (χ0) is 15.0. The number of hydrogen-bond donors (Lipinski definition) is 0. The molecule has 110 valence electrons. The fourth-order valence-corrected chi connectivity index (χ4v) is 2.83. The van der Waals surface area contributed by atoms with Crippen molar-refractivity contribution < 1.29 is 18.7 Å². The number of rotatable bonds is 2. The minimum atomic E-state index is -0.262. The summed E-state index contributed by atoms with van der Waals surface area (Å²) in [6.07, 6.45) is 0. The lowest BCUT2D eigenvalue weighted by Crippen LogP contribution is -2.29. The van der Waals surface area contributed by atoms with E-state index in [0.29, 0.717) is 24.4 Å². The number of fused-ring (bicyclic) bond motifs is 1. The maximum absolute atomic E-state index is 12.5. The number of carbonyl (C=O) groups excluding carboxylic acids is 2. The predicted molar refractivity (Wildman–Crippen MR) is 76.8 cm³/mol. The Morgan fingerprint density at radius 3 is 2.76 bits per heavy atom. The maximum atomic E-state index is 12.5. The fourth-order valence-electron chi connectivity index (χ4n) is 2.83. The van der Waals surface area contributed by atoms with Gasteiger partial charge in [-0.05, 0) is 18.1 Å². The zero-order valence-corrected chi connectivity index (χ0v) is 12.0. The smallest absolute Gasteiger partial charge is 0.310 e. The summed E-state index contributed by atoms with van der Waals surface area (Å²) < 4.78 is 10.4. The van der Waals surface area contributed by atoms with Crippen LogP contribution in [0.1, 0.15) is 17.5 Å². The maximum Gasteiger partial charge on any atom is 0.310 e. The molecule has 2 aromatic rings. The number of furan rings is 1. The number of amides is 1. The molecule has 1 amide bonds. The van der Waals surface area contributed by atoms with Gasteiger partial charge in [-0.2, -0.15) is 0 Å². The van der Waals surface area contributed by atoms with Crippen LogP contribution >= 0.6 is 0 Å². The molecule has 5 heteroatoms. The summed E-state index contributed by atoms with van der Waals surface area (Å²) in [5.74, 6) is -0.296. The van der Waals surface area contributed by atoms with Gasteiger partial charge in [0.2, 0.25) is 0 Å². The molecular formula is C16H17NO4. The molecule has 1 aromatic heterocycles. The quantitative estimate of drug-likeness (QED) is 0.795. The van der Waals surface area contributed by atoms with E-state index >= 15 is 0 Å². The van der Waals surface area contributed by atoms with Crippen LogP contribution in [0.4, 0.5) is 0 Å². The van der Waals surface area contributed by atoms with Crippen molar-refractivity contribution >= 4 is 22.8 Å². The first-order valence-corrected chi connectivity index (χ1v) is 6.96. The number of likely N-dealkylation sites (tertiary alicyclic amines) is 1. The van der Waals surface area contributed by atoms with Gasteiger partial charge in [-0.25, -0.2) is 0 Å². The molecule has 21 heavy (non-hydrogen) atoms. The van der Waals surface area contributed by atoms with Crippen molar-refractivity contribution in [2.45, 2.75) is 6.92 Å². The first kappa shape index (κ1) is 13.7. The van der Waals surface area contributed by atoms with Crippen molar-refractivity contribution in [1.29, 1.82) is 0 Å². The summed E-state index contributed by atoms with van der Waals surface area (Å²) in [4.78, 5) is 25.8. The zero-order valence-electron chi connectivity index (χ0n) is 12.0. The van der Waals surface area contributed by atoms with Crippen molar-refractivity contribution in [3.05, 3.63) is 36.1 Å². The minimum Gasteiger partial charge on any atom is -0.469 e. The van der Waals surface area contributed by atoms with Gasteiger partial charge in [0.1, 0.15) is 5.58 Å². The third-order valence-electron chi connectivity index (χ3n) is 4.04. The molecule has 3 rings (SSSR count). The monoisotopic (exact) mass is 287 g/mol. The van der Waals surface area contributed by atoms with E-state index < -0.39 is 0 Å². The molecule has 2 heterocycles. The molecule has 1 aliphatic rings. The second kappa shape index (κ2) is 5.24. The highest BCUT2D eigenvalue weighted by molar-refractivity contribution is 5.96. The van der Waals surface area contributed by atoms with E-state index in [1.54, 1.807) is 11.0 Å². The number of esters is 1. The number of methoxy groups -OCH3 is 1. The first-order valence-electron chi connectivity index (χ1n) is 6.96. The van der Waals surface area contributed by atoms with Gasteiger partial charge in [-0.1, -0.05) is 25.1 Å². The van der Waals surface area contributed by atoms with Crippen LogP contribution in [0.3, 0.4) is 0 Å². The van der Waals surface area contributed by atoms with E-state index in [4.69, 9.17) is 9.15 Å². The SMILES string of the molecule is COC(=O)C1CN(C(=O)c2cc3ccccc3o2)CC1C. The van der Waals surface area contributed by atoms with Gasteiger partial charge in [-0.15, -0.1) is 0 Å². The Balaban J connectivity index is 1.81. The molecule has 1 fully saturated rings. The van der Waals surface area contributed by atoms with Crippen LogP contribution in [0.2, 0.25) is 0 Å². The Morgan fingerprint density at radius 2 is 2.05 bits per heavy atom. The summed E-state index contributed by atoms with van der Waals surface area (Å²) in [5.41, 5.74) is 0.692. The molecule has 0 radical (unpaired) electrons. The topological polar surface area (TPSA) is 59.8 Å². The predicted octanol–water partition coefficient (Wildman–Crippen LogP) is 2.31. The summed E-state index contributed by atoms with van der Waals surface area (Å²) >= 11 is 0. The van der Waals surface area contributed by atoms with Crippen molar-refractivity contribution in [2.24, 2.45) is 11.8 Å². The second-order valence-corrected chi connectivity index (χ2v) is 5.47. The van der Waals surface area contributed by atoms with Crippen LogP contribution in [0.25, 0.3) is 11.0 Å². The molecule has 0 aliphatic carbocycles. The van der Waals surface area contributed by atoms with Crippen molar-refractivity contribution in [3.63, 3.8) is 0 Å². The Morgan fingerprint density at radius 1 is 1.29 bits per heavy atom. The van der Waals surface area contributed by atoms with E-state index in [2.05, 4.69) is 0 Å². The number of ether oxygens (including phenoxy) is 1. The molecule has 0 saturated carbocycles. The van der Waals surface area contributed by atoms with Gasteiger partial charge in [0.05, 0.1) is 13.0 Å². The van der Waals surface area contributed by atoms with Crippen LogP contribution < -0.4 is 0 Å². The molecule has 0 bridgehead atoms. The van der Waals surface area contributed by atoms with E-state index in [-0.39, 0.29) is 23.7 Å². The van der Waals surface area contributed by atoms with Crippen molar-refractivity contribution in [2.75, 3.05) is 20.2 Å². The van der Waals surface area contributed by atoms with Crippen molar-refractivity contribution in [3.8, 4) is 0 Å². The molecule has 2 unspecified atom stereocenters. The summed E-state index contributed by atoms with van der Waals surface area (Å²) in [6, 6.07) is 9.24. The number of hydrogen-bond acceptors (Lipinski definition) is 4. The van der Waals surface area contributed by atoms with Crippen LogP contribution in [0.5, 0.6) is 0 Å². The fraction of sp³-hybridized carbons (Fsp3) is 0.375. The Hall–Kier alpha value is -2.30. The van der Waals surface area contributed by atoms with Crippen molar-refractivity contribution in [1.82, 2.24) is 4.90 Å². The molecule has 2 atom stereocenters. The highest BCUT2D eigenvalue weighted by Gasteiger charge is 2.38. The third kappa shape index (κ3) is 2.39. The van der Waals surface area contributed by atoms with Gasteiger partial charge in [-0.3, -0.25) is 9.59 Å². The Labute approximate surface area is 122 Å². The second-order valence-electron chi connectivity index (χ2n) is 5.47. The summed E-state index contributed by atoms with van der Waals surface area (Å²) in [7, 11) is 1.37. The molecule has 0 spiro atoms.